The zero-order valence-corrected chi connectivity index (χ0v) is 13.2. The lowest BCUT2D eigenvalue weighted by Crippen LogP contribution is -2.45. The van der Waals surface area contributed by atoms with Crippen LogP contribution in [0.5, 0.6) is 0 Å². The van der Waals surface area contributed by atoms with Crippen molar-refractivity contribution in [1.82, 2.24) is 9.88 Å². The van der Waals surface area contributed by atoms with Gasteiger partial charge in [-0.25, -0.2) is 14.6 Å². The molecule has 0 aliphatic heterocycles. The van der Waals surface area contributed by atoms with Crippen molar-refractivity contribution in [3.63, 3.8) is 0 Å². The first kappa shape index (κ1) is 17.5. The van der Waals surface area contributed by atoms with E-state index in [4.69, 9.17) is 9.84 Å². The van der Waals surface area contributed by atoms with Gasteiger partial charge in [-0.15, -0.1) is 0 Å². The van der Waals surface area contributed by atoms with E-state index in [1.165, 1.54) is 6.92 Å². The van der Waals surface area contributed by atoms with Gasteiger partial charge in [-0.3, -0.25) is 4.90 Å². The third kappa shape index (κ3) is 5.83. The molecule has 0 aliphatic rings. The molecule has 1 atom stereocenters. The predicted molar refractivity (Wildman–Crippen MR) is 81.2 cm³/mol. The number of ether oxygens (including phenoxy) is 1. The minimum absolute atomic E-state index is 0.0566. The monoisotopic (exact) mass is 304 g/mol. The molecule has 1 heterocycles. The smallest absolute Gasteiger partial charge is 0.411 e. The van der Waals surface area contributed by atoms with Crippen LogP contribution >= 0.6 is 0 Å². The van der Waals surface area contributed by atoms with Crippen LogP contribution in [0, 0.1) is 11.8 Å². The molecule has 0 radical (unpaired) electrons. The Balaban J connectivity index is 2.86. The number of aliphatic carboxylic acids is 1. The van der Waals surface area contributed by atoms with E-state index < -0.39 is 23.7 Å². The highest BCUT2D eigenvalue weighted by Gasteiger charge is 2.29. The summed E-state index contributed by atoms with van der Waals surface area (Å²) in [6, 6.07) is 4.26. The molecule has 0 saturated carbocycles. The van der Waals surface area contributed by atoms with Crippen molar-refractivity contribution in [2.75, 3.05) is 6.54 Å². The zero-order chi connectivity index (χ0) is 16.8. The molecule has 1 amide bonds. The highest BCUT2D eigenvalue weighted by molar-refractivity contribution is 5.80. The molecule has 0 aliphatic carbocycles. The number of hydrogen-bond donors (Lipinski definition) is 1. The Hall–Kier alpha value is -2.55. The summed E-state index contributed by atoms with van der Waals surface area (Å²) in [4.78, 5) is 28.3. The molecule has 0 saturated heterocycles. The highest BCUT2D eigenvalue weighted by Crippen LogP contribution is 2.12. The first-order chi connectivity index (χ1) is 10.2. The number of hydrogen-bond acceptors (Lipinski definition) is 4. The first-order valence-corrected chi connectivity index (χ1v) is 6.83. The summed E-state index contributed by atoms with van der Waals surface area (Å²) in [6.45, 7) is 6.50. The second-order valence-corrected chi connectivity index (χ2v) is 5.64. The van der Waals surface area contributed by atoms with Gasteiger partial charge in [-0.2, -0.15) is 0 Å². The second-order valence-electron chi connectivity index (χ2n) is 5.64. The van der Waals surface area contributed by atoms with Gasteiger partial charge in [0.1, 0.15) is 17.3 Å². The van der Waals surface area contributed by atoms with Crippen LogP contribution in [0.25, 0.3) is 0 Å². The van der Waals surface area contributed by atoms with E-state index in [-0.39, 0.29) is 6.54 Å². The van der Waals surface area contributed by atoms with Gasteiger partial charge < -0.3 is 9.84 Å². The Bertz CT molecular complexity index is 582. The van der Waals surface area contributed by atoms with E-state index in [9.17, 15) is 9.59 Å². The summed E-state index contributed by atoms with van der Waals surface area (Å²) >= 11 is 0. The average molecular weight is 304 g/mol. The van der Waals surface area contributed by atoms with E-state index in [0.29, 0.717) is 5.69 Å². The van der Waals surface area contributed by atoms with E-state index in [0.717, 1.165) is 4.90 Å². The minimum atomic E-state index is -1.12. The predicted octanol–water partition coefficient (Wildman–Crippen LogP) is 2.14. The Labute approximate surface area is 130 Å². The van der Waals surface area contributed by atoms with Crippen molar-refractivity contribution in [3.05, 3.63) is 30.1 Å². The molecule has 0 spiro atoms. The number of carboxylic acid groups (broad SMARTS) is 1. The van der Waals surface area contributed by atoms with Crippen molar-refractivity contribution in [3.8, 4) is 11.8 Å². The quantitative estimate of drug-likeness (QED) is 0.865. The molecule has 118 valence electrons. The lowest BCUT2D eigenvalue weighted by atomic mass is 10.2. The van der Waals surface area contributed by atoms with Gasteiger partial charge >= 0.3 is 12.1 Å². The number of carboxylic acids is 1. The molecule has 1 aromatic rings. The number of rotatable bonds is 3. The molecule has 0 unspecified atom stereocenters. The van der Waals surface area contributed by atoms with Crippen molar-refractivity contribution in [2.24, 2.45) is 0 Å². The maximum atomic E-state index is 12.1. The molecule has 1 aromatic heterocycles. The van der Waals surface area contributed by atoms with Crippen LogP contribution in [0.3, 0.4) is 0 Å². The Kier molecular flexibility index (Phi) is 5.93. The van der Waals surface area contributed by atoms with Crippen LogP contribution in [0.4, 0.5) is 4.79 Å². The van der Waals surface area contributed by atoms with Crippen LogP contribution in [-0.4, -0.2) is 45.2 Å². The standard InChI is InChI=1S/C16H20N2O4/c1-12(14(19)20)18(15(21)22-16(2,3)4)11-7-9-13-8-5-6-10-17-13/h5-6,8,10,12H,11H2,1-4H3,(H,19,20)/t12-/m0/s1. The Morgan fingerprint density at radius 2 is 2.09 bits per heavy atom. The van der Waals surface area contributed by atoms with E-state index in [1.54, 1.807) is 45.2 Å². The third-order valence-electron chi connectivity index (χ3n) is 2.58. The maximum Gasteiger partial charge on any atom is 0.411 e. The van der Waals surface area contributed by atoms with E-state index >= 15 is 0 Å². The van der Waals surface area contributed by atoms with E-state index in [2.05, 4.69) is 16.8 Å². The van der Waals surface area contributed by atoms with Crippen molar-refractivity contribution in [2.45, 2.75) is 39.3 Å². The summed E-state index contributed by atoms with van der Waals surface area (Å²) in [5, 5.41) is 9.11. The van der Waals surface area contributed by atoms with Gasteiger partial charge in [0.15, 0.2) is 0 Å². The zero-order valence-electron chi connectivity index (χ0n) is 13.2. The molecule has 0 aromatic carbocycles. The van der Waals surface area contributed by atoms with Gasteiger partial charge in [-0.05, 0) is 45.7 Å². The van der Waals surface area contributed by atoms with Gasteiger partial charge in [0.25, 0.3) is 0 Å². The largest absolute Gasteiger partial charge is 0.480 e. The van der Waals surface area contributed by atoms with Crippen LogP contribution in [0.15, 0.2) is 24.4 Å². The Morgan fingerprint density at radius 1 is 1.41 bits per heavy atom. The Morgan fingerprint density at radius 3 is 2.59 bits per heavy atom. The molecular weight excluding hydrogens is 284 g/mol. The molecule has 22 heavy (non-hydrogen) atoms. The molecule has 6 nitrogen and oxygen atoms in total. The fourth-order valence-electron chi connectivity index (χ4n) is 1.47. The summed E-state index contributed by atoms with van der Waals surface area (Å²) in [5.74, 6) is 4.42. The summed E-state index contributed by atoms with van der Waals surface area (Å²) < 4.78 is 5.21. The van der Waals surface area contributed by atoms with Gasteiger partial charge in [0.05, 0.1) is 6.54 Å². The highest BCUT2D eigenvalue weighted by atomic mass is 16.6. The normalized spacial score (nSPS) is 11.8. The lowest BCUT2D eigenvalue weighted by molar-refractivity contribution is -0.142. The third-order valence-corrected chi connectivity index (χ3v) is 2.58. The lowest BCUT2D eigenvalue weighted by Gasteiger charge is -2.28. The minimum Gasteiger partial charge on any atom is -0.480 e. The topological polar surface area (TPSA) is 79.7 Å². The van der Waals surface area contributed by atoms with Crippen LogP contribution < -0.4 is 0 Å². The van der Waals surface area contributed by atoms with Gasteiger partial charge in [-0.1, -0.05) is 12.0 Å². The number of carbonyl (C=O) groups is 2. The van der Waals surface area contributed by atoms with Gasteiger partial charge in [0.2, 0.25) is 0 Å². The summed E-state index contributed by atoms with van der Waals surface area (Å²) in [7, 11) is 0. The first-order valence-electron chi connectivity index (χ1n) is 6.83. The number of carbonyl (C=O) groups excluding carboxylic acids is 1. The van der Waals surface area contributed by atoms with Crippen molar-refractivity contribution >= 4 is 12.1 Å². The summed E-state index contributed by atoms with van der Waals surface area (Å²) in [6.07, 6.45) is 0.896. The van der Waals surface area contributed by atoms with Crippen LogP contribution in [0.2, 0.25) is 0 Å². The molecule has 6 heteroatoms. The number of aromatic nitrogens is 1. The maximum absolute atomic E-state index is 12.1. The molecular formula is C16H20N2O4. The van der Waals surface area contributed by atoms with Crippen molar-refractivity contribution < 1.29 is 19.4 Å². The van der Waals surface area contributed by atoms with Crippen LogP contribution in [-0.2, 0) is 9.53 Å². The van der Waals surface area contributed by atoms with E-state index in [1.807, 2.05) is 0 Å². The number of amides is 1. The number of nitrogens with zero attached hydrogens (tertiary/aromatic N) is 2. The SMILES string of the molecule is C[C@@H](C(=O)O)N(CC#Cc1ccccn1)C(=O)OC(C)(C)C. The summed E-state index contributed by atoms with van der Waals surface area (Å²) in [5.41, 5.74) is -0.156. The number of pyridine rings is 1. The van der Waals surface area contributed by atoms with Crippen LogP contribution in [0.1, 0.15) is 33.4 Å². The fourth-order valence-corrected chi connectivity index (χ4v) is 1.47. The van der Waals surface area contributed by atoms with Gasteiger partial charge in [0, 0.05) is 6.20 Å². The average Bonchev–Trinajstić information content (AvgIpc) is 2.42. The molecule has 0 fully saturated rings. The van der Waals surface area contributed by atoms with Crippen molar-refractivity contribution in [1.29, 1.82) is 0 Å². The fraction of sp³-hybridized carbons (Fsp3) is 0.438. The second kappa shape index (κ2) is 7.46. The molecule has 0 bridgehead atoms. The molecule has 1 N–H and O–H groups in total. The molecule has 1 rings (SSSR count).